The van der Waals surface area contributed by atoms with Gasteiger partial charge in [-0.2, -0.15) is 0 Å². The van der Waals surface area contributed by atoms with E-state index >= 15 is 0 Å². The minimum Gasteiger partial charge on any atom is -0.479 e. The van der Waals surface area contributed by atoms with Crippen LogP contribution in [-0.2, 0) is 21.2 Å². The van der Waals surface area contributed by atoms with E-state index in [1.165, 1.54) is 12.1 Å². The van der Waals surface area contributed by atoms with Crippen LogP contribution in [0.2, 0.25) is 0 Å². The Bertz CT molecular complexity index is 548. The van der Waals surface area contributed by atoms with Crippen molar-refractivity contribution in [1.82, 2.24) is 4.72 Å². The molecule has 0 heterocycles. The SMILES string of the molecule is CCc1ccc(S(=O)(=O)NCC(C)(O)C(=O)O)cc1. The maximum atomic E-state index is 11.9. The minimum absolute atomic E-state index is 0.0332. The third kappa shape index (κ3) is 4.02. The average Bonchev–Trinajstić information content (AvgIpc) is 2.36. The Morgan fingerprint density at radius 2 is 1.84 bits per heavy atom. The van der Waals surface area contributed by atoms with Crippen molar-refractivity contribution < 1.29 is 23.4 Å². The number of hydrogen-bond donors (Lipinski definition) is 3. The number of carboxylic acids is 1. The number of hydrogen-bond acceptors (Lipinski definition) is 4. The van der Waals surface area contributed by atoms with Crippen molar-refractivity contribution in [3.05, 3.63) is 29.8 Å². The summed E-state index contributed by atoms with van der Waals surface area (Å²) in [5, 5.41) is 18.1. The summed E-state index contributed by atoms with van der Waals surface area (Å²) in [5.74, 6) is -1.49. The fourth-order valence-corrected chi connectivity index (χ4v) is 2.43. The Labute approximate surface area is 112 Å². The van der Waals surface area contributed by atoms with Crippen molar-refractivity contribution in [3.8, 4) is 0 Å². The molecule has 0 bridgehead atoms. The third-order valence-electron chi connectivity index (χ3n) is 2.71. The molecule has 0 radical (unpaired) electrons. The van der Waals surface area contributed by atoms with Crippen molar-refractivity contribution in [2.75, 3.05) is 6.54 Å². The molecule has 0 aromatic heterocycles. The van der Waals surface area contributed by atoms with E-state index < -0.39 is 28.1 Å². The van der Waals surface area contributed by atoms with Gasteiger partial charge in [-0.1, -0.05) is 19.1 Å². The molecule has 1 atom stereocenters. The summed E-state index contributed by atoms with van der Waals surface area (Å²) in [7, 11) is -3.83. The van der Waals surface area contributed by atoms with E-state index in [1.807, 2.05) is 6.92 Å². The van der Waals surface area contributed by atoms with Gasteiger partial charge in [0.2, 0.25) is 10.0 Å². The highest BCUT2D eigenvalue weighted by Gasteiger charge is 2.31. The van der Waals surface area contributed by atoms with Crippen LogP contribution in [0.25, 0.3) is 0 Å². The number of benzene rings is 1. The van der Waals surface area contributed by atoms with Gasteiger partial charge in [-0.25, -0.2) is 17.9 Å². The minimum atomic E-state index is -3.83. The van der Waals surface area contributed by atoms with Crippen molar-refractivity contribution in [1.29, 1.82) is 0 Å². The third-order valence-corrected chi connectivity index (χ3v) is 4.13. The number of nitrogens with one attached hydrogen (secondary N) is 1. The van der Waals surface area contributed by atoms with Crippen LogP contribution in [0.3, 0.4) is 0 Å². The lowest BCUT2D eigenvalue weighted by Crippen LogP contribution is -2.46. The highest BCUT2D eigenvalue weighted by Crippen LogP contribution is 2.12. The molecule has 0 aliphatic rings. The smallest absolute Gasteiger partial charge is 0.336 e. The van der Waals surface area contributed by atoms with Crippen molar-refractivity contribution in [2.45, 2.75) is 30.8 Å². The summed E-state index contributed by atoms with van der Waals surface area (Å²) in [4.78, 5) is 10.7. The van der Waals surface area contributed by atoms with Gasteiger partial charge in [0.25, 0.3) is 0 Å². The average molecular weight is 287 g/mol. The second-order valence-electron chi connectivity index (χ2n) is 4.40. The van der Waals surface area contributed by atoms with Crippen LogP contribution in [0.5, 0.6) is 0 Å². The number of rotatable bonds is 6. The molecule has 3 N–H and O–H groups in total. The lowest BCUT2D eigenvalue weighted by atomic mass is 10.1. The summed E-state index contributed by atoms with van der Waals surface area (Å²) in [6.07, 6.45) is 0.793. The fourth-order valence-electron chi connectivity index (χ4n) is 1.30. The van der Waals surface area contributed by atoms with Gasteiger partial charge in [-0.3, -0.25) is 0 Å². The van der Waals surface area contributed by atoms with E-state index in [4.69, 9.17) is 5.11 Å². The number of carbonyl (C=O) groups is 1. The summed E-state index contributed by atoms with van der Waals surface area (Å²) in [5.41, 5.74) is -1.15. The van der Waals surface area contributed by atoms with Crippen LogP contribution in [0.15, 0.2) is 29.2 Å². The molecule has 0 saturated carbocycles. The Hall–Kier alpha value is -1.44. The number of sulfonamides is 1. The standard InChI is InChI=1S/C12H17NO5S/c1-3-9-4-6-10(7-5-9)19(17,18)13-8-12(2,16)11(14)15/h4-7,13,16H,3,8H2,1-2H3,(H,14,15). The van der Waals surface area contributed by atoms with Gasteiger partial charge in [-0.05, 0) is 31.0 Å². The van der Waals surface area contributed by atoms with Gasteiger partial charge in [0.15, 0.2) is 5.60 Å². The molecule has 1 unspecified atom stereocenters. The largest absolute Gasteiger partial charge is 0.479 e. The highest BCUT2D eigenvalue weighted by atomic mass is 32.2. The first kappa shape index (κ1) is 15.6. The maximum absolute atomic E-state index is 11.9. The zero-order valence-corrected chi connectivity index (χ0v) is 11.6. The topological polar surface area (TPSA) is 104 Å². The van der Waals surface area contributed by atoms with E-state index in [0.29, 0.717) is 0 Å². The van der Waals surface area contributed by atoms with E-state index in [1.54, 1.807) is 12.1 Å². The van der Waals surface area contributed by atoms with Crippen LogP contribution < -0.4 is 4.72 Å². The lowest BCUT2D eigenvalue weighted by Gasteiger charge is -2.18. The fraction of sp³-hybridized carbons (Fsp3) is 0.417. The van der Waals surface area contributed by atoms with E-state index in [0.717, 1.165) is 18.9 Å². The van der Waals surface area contributed by atoms with Crippen molar-refractivity contribution in [3.63, 3.8) is 0 Å². The lowest BCUT2D eigenvalue weighted by molar-refractivity contribution is -0.155. The van der Waals surface area contributed by atoms with Crippen LogP contribution in [0.4, 0.5) is 0 Å². The zero-order valence-electron chi connectivity index (χ0n) is 10.8. The Morgan fingerprint density at radius 1 is 1.32 bits per heavy atom. The molecule has 0 aliphatic carbocycles. The molecule has 1 aromatic carbocycles. The molecule has 7 heteroatoms. The van der Waals surface area contributed by atoms with E-state index in [2.05, 4.69) is 4.72 Å². The summed E-state index contributed by atoms with van der Waals surface area (Å²) >= 11 is 0. The van der Waals surface area contributed by atoms with E-state index in [-0.39, 0.29) is 4.90 Å². The van der Waals surface area contributed by atoms with E-state index in [9.17, 15) is 18.3 Å². The number of carboxylic acid groups (broad SMARTS) is 1. The number of aliphatic carboxylic acids is 1. The highest BCUT2D eigenvalue weighted by molar-refractivity contribution is 7.89. The van der Waals surface area contributed by atoms with Gasteiger partial charge in [-0.15, -0.1) is 0 Å². The predicted octanol–water partition coefficient (Wildman–Crippen LogP) is 0.363. The molecular formula is C12H17NO5S. The Morgan fingerprint density at radius 3 is 2.26 bits per heavy atom. The molecule has 19 heavy (non-hydrogen) atoms. The molecule has 0 aliphatic heterocycles. The summed E-state index contributed by atoms with van der Waals surface area (Å²) < 4.78 is 25.8. The summed E-state index contributed by atoms with van der Waals surface area (Å²) in [6.45, 7) is 2.38. The summed E-state index contributed by atoms with van der Waals surface area (Å²) in [6, 6.07) is 6.25. The molecule has 0 amide bonds. The monoisotopic (exact) mass is 287 g/mol. The predicted molar refractivity (Wildman–Crippen MR) is 69.3 cm³/mol. The maximum Gasteiger partial charge on any atom is 0.336 e. The molecular weight excluding hydrogens is 270 g/mol. The first-order valence-electron chi connectivity index (χ1n) is 5.73. The van der Waals surface area contributed by atoms with Crippen molar-refractivity contribution >= 4 is 16.0 Å². The first-order chi connectivity index (χ1) is 8.69. The number of aryl methyl sites for hydroxylation is 1. The van der Waals surface area contributed by atoms with Gasteiger partial charge in [0.05, 0.1) is 11.4 Å². The molecule has 0 saturated heterocycles. The van der Waals surface area contributed by atoms with Crippen LogP contribution in [0, 0.1) is 0 Å². The van der Waals surface area contributed by atoms with Gasteiger partial charge in [0, 0.05) is 0 Å². The van der Waals surface area contributed by atoms with Gasteiger partial charge >= 0.3 is 5.97 Å². The Balaban J connectivity index is 2.84. The second-order valence-corrected chi connectivity index (χ2v) is 6.17. The first-order valence-corrected chi connectivity index (χ1v) is 7.22. The number of aliphatic hydroxyl groups is 1. The van der Waals surface area contributed by atoms with Crippen LogP contribution >= 0.6 is 0 Å². The Kier molecular flexibility index (Phi) is 4.67. The normalized spacial score (nSPS) is 14.9. The molecule has 0 spiro atoms. The van der Waals surface area contributed by atoms with Crippen molar-refractivity contribution in [2.24, 2.45) is 0 Å². The molecule has 106 valence electrons. The van der Waals surface area contributed by atoms with Crippen LogP contribution in [0.1, 0.15) is 19.4 Å². The molecule has 0 fully saturated rings. The quantitative estimate of drug-likeness (QED) is 0.701. The molecule has 1 aromatic rings. The molecule has 1 rings (SSSR count). The molecule has 6 nitrogen and oxygen atoms in total. The van der Waals surface area contributed by atoms with Gasteiger partial charge in [0.1, 0.15) is 0 Å². The van der Waals surface area contributed by atoms with Gasteiger partial charge < -0.3 is 10.2 Å². The second kappa shape index (κ2) is 5.68. The van der Waals surface area contributed by atoms with Crippen LogP contribution in [-0.4, -0.2) is 36.7 Å². The zero-order chi connectivity index (χ0) is 14.7.